The van der Waals surface area contributed by atoms with Crippen LogP contribution in [0, 0.1) is 6.92 Å². The molecule has 2 saturated heterocycles. The summed E-state index contributed by atoms with van der Waals surface area (Å²) in [6.07, 6.45) is 5.74. The largest absolute Gasteiger partial charge is 0.373 e. The first kappa shape index (κ1) is 16.8. The lowest BCUT2D eigenvalue weighted by Crippen LogP contribution is -2.53. The van der Waals surface area contributed by atoms with Gasteiger partial charge in [0.2, 0.25) is 0 Å². The number of aromatic nitrogens is 2. The van der Waals surface area contributed by atoms with E-state index >= 15 is 0 Å². The van der Waals surface area contributed by atoms with Crippen LogP contribution in [0.25, 0.3) is 0 Å². The van der Waals surface area contributed by atoms with Crippen LogP contribution >= 0.6 is 0 Å². The number of rotatable bonds is 4. The van der Waals surface area contributed by atoms with Gasteiger partial charge in [-0.2, -0.15) is 0 Å². The molecule has 1 atom stereocenters. The molecule has 1 aromatic rings. The highest BCUT2D eigenvalue weighted by atomic mass is 16.2. The van der Waals surface area contributed by atoms with Gasteiger partial charge in [-0.1, -0.05) is 6.92 Å². The highest BCUT2D eigenvalue weighted by Crippen LogP contribution is 2.39. The Labute approximate surface area is 143 Å². The Kier molecular flexibility index (Phi) is 4.78. The maximum Gasteiger partial charge on any atom is 0.317 e. The fourth-order valence-corrected chi connectivity index (χ4v) is 4.06. The third-order valence-corrected chi connectivity index (χ3v) is 5.29. The van der Waals surface area contributed by atoms with Gasteiger partial charge in [-0.25, -0.2) is 14.8 Å². The van der Waals surface area contributed by atoms with Gasteiger partial charge >= 0.3 is 6.03 Å². The molecule has 0 bridgehead atoms. The SMILES string of the molecule is CCCNC(=O)N1CCCC12CCN(c1ncnc(NC)c1C)C2. The summed E-state index contributed by atoms with van der Waals surface area (Å²) in [5, 5.41) is 6.16. The van der Waals surface area contributed by atoms with Crippen molar-refractivity contribution in [2.24, 2.45) is 0 Å². The molecule has 2 aliphatic heterocycles. The van der Waals surface area contributed by atoms with Crippen LogP contribution in [-0.4, -0.2) is 59.7 Å². The number of anilines is 2. The Morgan fingerprint density at radius 2 is 2.17 bits per heavy atom. The van der Waals surface area contributed by atoms with Crippen LogP contribution in [0.4, 0.5) is 16.4 Å². The van der Waals surface area contributed by atoms with Crippen molar-refractivity contribution in [3.63, 3.8) is 0 Å². The molecular formula is C17H28N6O. The predicted octanol–water partition coefficient (Wildman–Crippen LogP) is 1.99. The molecule has 3 heterocycles. The number of carbonyl (C=O) groups is 1. The van der Waals surface area contributed by atoms with E-state index in [-0.39, 0.29) is 11.6 Å². The number of urea groups is 1. The summed E-state index contributed by atoms with van der Waals surface area (Å²) in [6, 6.07) is 0.0894. The van der Waals surface area contributed by atoms with Gasteiger partial charge in [0.1, 0.15) is 18.0 Å². The summed E-state index contributed by atoms with van der Waals surface area (Å²) in [4.78, 5) is 25.7. The number of nitrogens with one attached hydrogen (secondary N) is 2. The molecule has 0 aliphatic carbocycles. The minimum Gasteiger partial charge on any atom is -0.373 e. The molecule has 1 unspecified atom stereocenters. The van der Waals surface area contributed by atoms with Crippen LogP contribution in [0.15, 0.2) is 6.33 Å². The monoisotopic (exact) mass is 332 g/mol. The summed E-state index contributed by atoms with van der Waals surface area (Å²) in [5.41, 5.74) is 1.02. The molecule has 132 valence electrons. The molecule has 3 rings (SSSR count). The molecule has 2 N–H and O–H groups in total. The van der Waals surface area contributed by atoms with Gasteiger partial charge < -0.3 is 20.4 Å². The van der Waals surface area contributed by atoms with E-state index < -0.39 is 0 Å². The van der Waals surface area contributed by atoms with Gasteiger partial charge in [-0.15, -0.1) is 0 Å². The van der Waals surface area contributed by atoms with Gasteiger partial charge in [0.05, 0.1) is 5.54 Å². The number of hydrogen-bond acceptors (Lipinski definition) is 5. The molecule has 0 aromatic carbocycles. The molecule has 1 aromatic heterocycles. The van der Waals surface area contributed by atoms with Gasteiger partial charge in [0.15, 0.2) is 0 Å². The van der Waals surface area contributed by atoms with E-state index in [0.717, 1.165) is 69.1 Å². The van der Waals surface area contributed by atoms with Crippen LogP contribution in [0.3, 0.4) is 0 Å². The summed E-state index contributed by atoms with van der Waals surface area (Å²) in [5.74, 6) is 1.84. The molecule has 7 nitrogen and oxygen atoms in total. The number of nitrogens with zero attached hydrogens (tertiary/aromatic N) is 4. The molecular weight excluding hydrogens is 304 g/mol. The highest BCUT2D eigenvalue weighted by molar-refractivity contribution is 5.76. The molecule has 7 heteroatoms. The second kappa shape index (κ2) is 6.83. The predicted molar refractivity (Wildman–Crippen MR) is 95.5 cm³/mol. The van der Waals surface area contributed by atoms with E-state index in [1.54, 1.807) is 6.33 Å². The first-order valence-electron chi connectivity index (χ1n) is 8.91. The van der Waals surface area contributed by atoms with Crippen molar-refractivity contribution in [2.75, 3.05) is 43.4 Å². The molecule has 2 amide bonds. The second-order valence-corrected chi connectivity index (χ2v) is 6.80. The van der Waals surface area contributed by atoms with Crippen molar-refractivity contribution in [2.45, 2.75) is 45.1 Å². The molecule has 0 saturated carbocycles. The van der Waals surface area contributed by atoms with E-state index in [0.29, 0.717) is 0 Å². The van der Waals surface area contributed by atoms with Crippen LogP contribution < -0.4 is 15.5 Å². The third kappa shape index (κ3) is 2.87. The number of likely N-dealkylation sites (tertiary alicyclic amines) is 1. The third-order valence-electron chi connectivity index (χ3n) is 5.29. The van der Waals surface area contributed by atoms with E-state index in [1.807, 2.05) is 14.0 Å². The van der Waals surface area contributed by atoms with Crippen molar-refractivity contribution in [1.82, 2.24) is 20.2 Å². The maximum atomic E-state index is 12.5. The Bertz CT molecular complexity index is 607. The van der Waals surface area contributed by atoms with Crippen molar-refractivity contribution < 1.29 is 4.79 Å². The van der Waals surface area contributed by atoms with Gasteiger partial charge in [0, 0.05) is 38.8 Å². The normalized spacial score (nSPS) is 23.1. The maximum absolute atomic E-state index is 12.5. The lowest BCUT2D eigenvalue weighted by Gasteiger charge is -2.35. The quantitative estimate of drug-likeness (QED) is 0.882. The summed E-state index contributed by atoms with van der Waals surface area (Å²) in [6.45, 7) is 7.51. The van der Waals surface area contributed by atoms with Crippen molar-refractivity contribution in [3.8, 4) is 0 Å². The topological polar surface area (TPSA) is 73.4 Å². The van der Waals surface area contributed by atoms with Crippen LogP contribution in [0.5, 0.6) is 0 Å². The average molecular weight is 332 g/mol. The number of amides is 2. The number of hydrogen-bond donors (Lipinski definition) is 2. The van der Waals surface area contributed by atoms with Gasteiger partial charge in [0.25, 0.3) is 0 Å². The lowest BCUT2D eigenvalue weighted by atomic mass is 9.95. The summed E-state index contributed by atoms with van der Waals surface area (Å²) >= 11 is 0. The summed E-state index contributed by atoms with van der Waals surface area (Å²) in [7, 11) is 1.88. The smallest absolute Gasteiger partial charge is 0.317 e. The van der Waals surface area contributed by atoms with Crippen molar-refractivity contribution in [3.05, 3.63) is 11.9 Å². The first-order chi connectivity index (χ1) is 11.6. The van der Waals surface area contributed by atoms with Crippen molar-refractivity contribution in [1.29, 1.82) is 0 Å². The lowest BCUT2D eigenvalue weighted by molar-refractivity contribution is 0.157. The zero-order valence-electron chi connectivity index (χ0n) is 14.9. The molecule has 24 heavy (non-hydrogen) atoms. The molecule has 1 spiro atoms. The Morgan fingerprint density at radius 3 is 2.92 bits per heavy atom. The standard InChI is InChI=1S/C17H28N6O/c1-4-8-19-16(24)23-9-5-6-17(23)7-10-22(11-17)15-13(2)14(18-3)20-12-21-15/h12H,4-11H2,1-3H3,(H,19,24)(H,18,20,21). The highest BCUT2D eigenvalue weighted by Gasteiger charge is 2.48. The van der Waals surface area contributed by atoms with Crippen LogP contribution in [0.1, 0.15) is 38.2 Å². The molecule has 2 aliphatic rings. The zero-order valence-corrected chi connectivity index (χ0v) is 14.9. The average Bonchev–Trinajstić information content (AvgIpc) is 3.20. The molecule has 2 fully saturated rings. The van der Waals surface area contributed by atoms with Gasteiger partial charge in [-0.05, 0) is 32.6 Å². The second-order valence-electron chi connectivity index (χ2n) is 6.80. The van der Waals surface area contributed by atoms with Crippen molar-refractivity contribution >= 4 is 17.7 Å². The first-order valence-corrected chi connectivity index (χ1v) is 8.91. The summed E-state index contributed by atoms with van der Waals surface area (Å²) < 4.78 is 0. The van der Waals surface area contributed by atoms with Gasteiger partial charge in [-0.3, -0.25) is 0 Å². The molecule has 0 radical (unpaired) electrons. The minimum atomic E-state index is -0.0466. The zero-order chi connectivity index (χ0) is 17.2. The minimum absolute atomic E-state index is 0.0466. The Balaban J connectivity index is 1.77. The fourth-order valence-electron chi connectivity index (χ4n) is 4.06. The van der Waals surface area contributed by atoms with E-state index in [1.165, 1.54) is 0 Å². The van der Waals surface area contributed by atoms with E-state index in [4.69, 9.17) is 0 Å². The fraction of sp³-hybridized carbons (Fsp3) is 0.706. The van der Waals surface area contributed by atoms with Crippen LogP contribution in [0.2, 0.25) is 0 Å². The van der Waals surface area contributed by atoms with E-state index in [2.05, 4.69) is 37.3 Å². The Morgan fingerprint density at radius 1 is 1.33 bits per heavy atom. The Hall–Kier alpha value is -2.05. The van der Waals surface area contributed by atoms with E-state index in [9.17, 15) is 4.79 Å². The number of carbonyl (C=O) groups excluding carboxylic acids is 1. The van der Waals surface area contributed by atoms with Crippen LogP contribution in [-0.2, 0) is 0 Å².